The van der Waals surface area contributed by atoms with Crippen LogP contribution in [0.2, 0.25) is 15.1 Å². The second-order valence-corrected chi connectivity index (χ2v) is 28.3. The molecule has 3 saturated heterocycles. The van der Waals surface area contributed by atoms with Crippen molar-refractivity contribution in [3.05, 3.63) is 271 Å². The van der Waals surface area contributed by atoms with E-state index < -0.39 is 5.24 Å². The summed E-state index contributed by atoms with van der Waals surface area (Å²) in [6.07, 6.45) is 1.57. The SMILES string of the molecule is C.CC1CN(Cc2ccccc2)CC1c1nnc(CN)c(=O)[nH]1.CCN(CC)CC.Cc1ccc(Cl)cc1-c1ncc2c(=O)[nH]c(C3CN(Cc4ccccc4)CC3C)nn12.Cc1ccc(Cl)cc1C(=O)Cl.Cc1ccc(Cl)cc1C(=O)NCc1nnc(C2CN(Cc3ccccc3)CC2C)[nH]c1=O. The van der Waals surface area contributed by atoms with Crippen LogP contribution in [0.5, 0.6) is 0 Å². The van der Waals surface area contributed by atoms with Gasteiger partial charge in [-0.15, -0.1) is 20.4 Å². The zero-order valence-corrected chi connectivity index (χ0v) is 62.9. The van der Waals surface area contributed by atoms with Crippen LogP contribution >= 0.6 is 46.4 Å². The van der Waals surface area contributed by atoms with Crippen molar-refractivity contribution in [2.24, 2.45) is 23.5 Å². The molecular weight excluding hydrogens is 1390 g/mol. The fourth-order valence-corrected chi connectivity index (χ4v) is 13.9. The molecule has 7 heterocycles. The first-order chi connectivity index (χ1) is 49.5. The highest BCUT2D eigenvalue weighted by atomic mass is 35.5. The van der Waals surface area contributed by atoms with Gasteiger partial charge in [0.1, 0.15) is 28.9 Å². The summed E-state index contributed by atoms with van der Waals surface area (Å²) < 4.78 is 1.67. The van der Waals surface area contributed by atoms with Crippen LogP contribution in [0.4, 0.5) is 0 Å². The van der Waals surface area contributed by atoms with Crippen LogP contribution in [0, 0.1) is 38.5 Å². The monoisotopic (exact) mass is 1490 g/mol. The molecule has 0 saturated carbocycles. The zero-order chi connectivity index (χ0) is 73.9. The van der Waals surface area contributed by atoms with Gasteiger partial charge in [0.15, 0.2) is 11.3 Å². The molecule has 3 fully saturated rings. The topological polar surface area (TPSA) is 265 Å². The van der Waals surface area contributed by atoms with Gasteiger partial charge in [0.05, 0.1) is 12.7 Å². The molecule has 3 aliphatic rings. The van der Waals surface area contributed by atoms with Gasteiger partial charge in [0, 0.05) is 115 Å². The second-order valence-electron chi connectivity index (χ2n) is 26.6. The number of rotatable bonds is 18. The summed E-state index contributed by atoms with van der Waals surface area (Å²) in [6.45, 7) is 30.5. The Balaban J connectivity index is 0.000000177. The quantitative estimate of drug-likeness (QED) is 0.0500. The molecule has 6 atom stereocenters. The Morgan fingerprint density at radius 3 is 1.35 bits per heavy atom. The van der Waals surface area contributed by atoms with Crippen LogP contribution in [-0.4, -0.2) is 140 Å². The summed E-state index contributed by atoms with van der Waals surface area (Å²) in [5, 5.41) is 25.3. The minimum absolute atomic E-state index is 0. The van der Waals surface area contributed by atoms with E-state index in [0.29, 0.717) is 72.8 Å². The molecule has 6 N–H and O–H groups in total. The Hall–Kier alpha value is -8.61. The van der Waals surface area contributed by atoms with E-state index in [9.17, 15) is 24.0 Å². The van der Waals surface area contributed by atoms with E-state index in [0.717, 1.165) is 81.2 Å². The lowest BCUT2D eigenvalue weighted by atomic mass is 9.97. The third kappa shape index (κ3) is 22.0. The fraction of sp³-hybridized carbons (Fsp3) is 0.380. The third-order valence-corrected chi connectivity index (χ3v) is 20.0. The zero-order valence-electron chi connectivity index (χ0n) is 59.8. The molecule has 550 valence electrons. The van der Waals surface area contributed by atoms with Crippen LogP contribution < -0.4 is 27.7 Å². The molecule has 0 radical (unpaired) electrons. The van der Waals surface area contributed by atoms with Gasteiger partial charge < -0.3 is 30.9 Å². The predicted molar refractivity (Wildman–Crippen MR) is 417 cm³/mol. The van der Waals surface area contributed by atoms with Crippen LogP contribution in [0.3, 0.4) is 0 Å². The summed E-state index contributed by atoms with van der Waals surface area (Å²) in [5.74, 6) is 3.92. The van der Waals surface area contributed by atoms with Crippen molar-refractivity contribution in [1.29, 1.82) is 0 Å². The molecular formula is C79H96Cl4N16O5. The number of nitrogens with two attached hydrogens (primary N) is 1. The number of benzene rings is 6. The number of nitrogens with one attached hydrogen (secondary N) is 4. The average molecular weight is 1490 g/mol. The van der Waals surface area contributed by atoms with Gasteiger partial charge >= 0.3 is 0 Å². The number of nitrogens with zero attached hydrogens (tertiary/aromatic N) is 11. The number of H-pyrrole nitrogens is 3. The van der Waals surface area contributed by atoms with Crippen LogP contribution in [0.1, 0.15) is 150 Å². The van der Waals surface area contributed by atoms with E-state index >= 15 is 0 Å². The minimum Gasteiger partial charge on any atom is -0.346 e. The molecule has 4 aromatic heterocycles. The van der Waals surface area contributed by atoms with Crippen molar-refractivity contribution in [1.82, 2.24) is 74.9 Å². The number of carbonyl (C=O) groups is 2. The van der Waals surface area contributed by atoms with E-state index in [1.54, 1.807) is 47.1 Å². The van der Waals surface area contributed by atoms with E-state index in [1.807, 2.05) is 69.3 Å². The van der Waals surface area contributed by atoms with Crippen molar-refractivity contribution in [3.63, 3.8) is 0 Å². The lowest BCUT2D eigenvalue weighted by Gasteiger charge is -2.16. The number of fused-ring (bicyclic) bond motifs is 1. The fourth-order valence-electron chi connectivity index (χ4n) is 13.2. The molecule has 6 unspecified atom stereocenters. The number of likely N-dealkylation sites (tertiary alicyclic amines) is 3. The molecule has 0 bridgehead atoms. The Morgan fingerprint density at radius 2 is 0.933 bits per heavy atom. The number of halogens is 4. The first-order valence-electron chi connectivity index (χ1n) is 34.9. The molecule has 104 heavy (non-hydrogen) atoms. The number of amides is 1. The summed E-state index contributed by atoms with van der Waals surface area (Å²) in [7, 11) is 0. The predicted octanol–water partition coefficient (Wildman–Crippen LogP) is 13.4. The molecule has 13 rings (SSSR count). The molecule has 3 aliphatic heterocycles. The van der Waals surface area contributed by atoms with Crippen LogP contribution in [0.15, 0.2) is 166 Å². The van der Waals surface area contributed by atoms with Gasteiger partial charge in [0.2, 0.25) is 0 Å². The number of aryl methyl sites for hydroxylation is 3. The van der Waals surface area contributed by atoms with Gasteiger partial charge in [-0.25, -0.2) is 9.50 Å². The van der Waals surface area contributed by atoms with E-state index in [-0.39, 0.29) is 72.2 Å². The summed E-state index contributed by atoms with van der Waals surface area (Å²) >= 11 is 23.1. The van der Waals surface area contributed by atoms with Crippen molar-refractivity contribution < 1.29 is 9.59 Å². The number of carbonyl (C=O) groups excluding carboxylic acids is 2. The highest BCUT2D eigenvalue weighted by Crippen LogP contribution is 2.34. The van der Waals surface area contributed by atoms with Gasteiger partial charge in [-0.05, 0) is 140 Å². The van der Waals surface area contributed by atoms with E-state index in [1.165, 1.54) is 36.3 Å². The Morgan fingerprint density at radius 1 is 0.529 bits per heavy atom. The lowest BCUT2D eigenvalue weighted by Crippen LogP contribution is -2.30. The number of imidazole rings is 1. The Bertz CT molecular complexity index is 4630. The second kappa shape index (κ2) is 38.9. The number of aromatic amines is 3. The summed E-state index contributed by atoms with van der Waals surface area (Å²) in [6, 6.07) is 47.0. The molecule has 10 aromatic rings. The van der Waals surface area contributed by atoms with Gasteiger partial charge in [-0.1, -0.05) is 193 Å². The normalized spacial score (nSPS) is 17.9. The maximum absolute atomic E-state index is 12.8. The first kappa shape index (κ1) is 81.1. The van der Waals surface area contributed by atoms with Gasteiger partial charge in [-0.2, -0.15) is 5.10 Å². The molecule has 0 spiro atoms. The van der Waals surface area contributed by atoms with Crippen molar-refractivity contribution in [2.75, 3.05) is 58.9 Å². The van der Waals surface area contributed by atoms with E-state index in [4.69, 9.17) is 57.2 Å². The summed E-state index contributed by atoms with van der Waals surface area (Å²) in [4.78, 5) is 83.3. The number of aromatic nitrogens is 10. The summed E-state index contributed by atoms with van der Waals surface area (Å²) in [5.41, 5.74) is 14.0. The molecule has 25 heteroatoms. The molecule has 1 amide bonds. The van der Waals surface area contributed by atoms with Crippen LogP contribution in [0.25, 0.3) is 16.9 Å². The first-order valence-corrected chi connectivity index (χ1v) is 36.4. The largest absolute Gasteiger partial charge is 0.346 e. The number of hydrogen-bond donors (Lipinski definition) is 5. The molecule has 21 nitrogen and oxygen atoms in total. The van der Waals surface area contributed by atoms with E-state index in [2.05, 4.69) is 167 Å². The minimum atomic E-state index is -0.468. The standard InChI is InChI=1S/C24H26ClN5O2.C24H24ClN5O.C16H21N5O.C8H6Cl2O.C6H15N.CH4/c1-15-8-9-18(25)10-19(15)23(31)26-11-21-24(32)27-22(29-28-21)20-14-30(12-16(20)2)13-17-6-4-3-5-7-17;1-15-8-9-18(25)10-19(15)23-26-11-21-24(31)27-22(28-30(21)23)20-14-29(12-16(20)2)13-17-6-4-3-5-7-17;1-11-8-21(9-12-5-3-2-4-6-12)10-13(11)15-18-16(22)14(7-17)19-20-15;1-5-2-3-6(9)4-7(5)8(10)11;1-4-7(5-2)6-3;/h3-10,16,20H,11-14H2,1-2H3,(H,26,31)(H,27,29,32);3-11,16,20H,12-14H2,1-2H3,(H,27,28,31);2-6,11,13H,7-10,17H2,1H3,(H,18,20,22);2-4H,1H3;4-6H2,1-3H3;1H4. The van der Waals surface area contributed by atoms with Crippen molar-refractivity contribution >= 4 is 63.1 Å². The lowest BCUT2D eigenvalue weighted by molar-refractivity contribution is 0.0949. The Labute approximate surface area is 629 Å². The van der Waals surface area contributed by atoms with Crippen molar-refractivity contribution in [3.8, 4) is 11.4 Å². The van der Waals surface area contributed by atoms with Gasteiger partial charge in [0.25, 0.3) is 27.8 Å². The van der Waals surface area contributed by atoms with Gasteiger partial charge in [-0.3, -0.25) is 38.7 Å². The maximum Gasteiger partial charge on any atom is 0.276 e. The molecule has 0 aliphatic carbocycles. The third-order valence-electron chi connectivity index (χ3n) is 19.1. The maximum atomic E-state index is 12.8. The average Bonchev–Trinajstić information content (AvgIpc) is 1.59. The van der Waals surface area contributed by atoms with Crippen molar-refractivity contribution in [2.45, 2.75) is 120 Å². The molecule has 6 aromatic carbocycles. The highest BCUT2D eigenvalue weighted by molar-refractivity contribution is 6.68. The smallest absolute Gasteiger partial charge is 0.276 e. The highest BCUT2D eigenvalue weighted by Gasteiger charge is 2.36. The Kier molecular flexibility index (Phi) is 30.4. The van der Waals surface area contributed by atoms with Crippen LogP contribution in [-0.2, 0) is 32.7 Å². The number of hydrogen-bond acceptors (Lipinski definition) is 16.